The van der Waals surface area contributed by atoms with Gasteiger partial charge in [0.25, 0.3) is 0 Å². The second-order valence-electron chi connectivity index (χ2n) is 3.33. The highest BCUT2D eigenvalue weighted by Gasteiger charge is 2.37. The molecule has 0 saturated carbocycles. The van der Waals surface area contributed by atoms with Gasteiger partial charge in [-0.2, -0.15) is 0 Å². The number of allylic oxidation sites excluding steroid dienone is 1. The number of carbonyl (C=O) groups is 2. The number of carbonyl (C=O) groups excluding carboxylic acids is 2. The number of Topliss-reactive ketones (excluding diaryl/α,β-unsaturated/α-hetero) is 2. The molecule has 1 aromatic rings. The number of fused-ring (bicyclic) bond motifs is 1. The number of aliphatic hydroxyl groups excluding tert-OH is 1. The average molecular weight is 346 g/mol. The molecule has 0 saturated heterocycles. The number of hydrogen-bond donors (Lipinski definition) is 1. The molecule has 1 N–H and O–H groups in total. The standard InChI is InChI=1S/C10HCl5O3/c11-3-1-2(4(12)6(14)5(3)13)9(17)10(18)7(15)8(1)16/h16H. The summed E-state index contributed by atoms with van der Waals surface area (Å²) in [6.45, 7) is 0. The van der Waals surface area contributed by atoms with Crippen molar-refractivity contribution in [1.82, 2.24) is 0 Å². The molecular formula is C10HCl5O3. The van der Waals surface area contributed by atoms with Gasteiger partial charge in [0.05, 0.1) is 31.2 Å². The third-order valence-corrected chi connectivity index (χ3v) is 4.50. The van der Waals surface area contributed by atoms with Crippen molar-refractivity contribution in [3.63, 3.8) is 0 Å². The molecule has 8 heteroatoms. The van der Waals surface area contributed by atoms with E-state index in [1.165, 1.54) is 0 Å². The quantitative estimate of drug-likeness (QED) is 0.426. The van der Waals surface area contributed by atoms with Gasteiger partial charge in [0.1, 0.15) is 10.8 Å². The van der Waals surface area contributed by atoms with Crippen molar-refractivity contribution in [2.45, 2.75) is 0 Å². The van der Waals surface area contributed by atoms with Crippen LogP contribution in [0.3, 0.4) is 0 Å². The van der Waals surface area contributed by atoms with Crippen LogP contribution in [0.25, 0.3) is 5.76 Å². The van der Waals surface area contributed by atoms with Crippen LogP contribution < -0.4 is 0 Å². The lowest BCUT2D eigenvalue weighted by Crippen LogP contribution is -2.23. The maximum atomic E-state index is 11.8. The molecule has 3 nitrogen and oxygen atoms in total. The Balaban J connectivity index is 3.01. The van der Waals surface area contributed by atoms with Crippen LogP contribution in [0.4, 0.5) is 0 Å². The van der Waals surface area contributed by atoms with E-state index in [9.17, 15) is 14.7 Å². The summed E-state index contributed by atoms with van der Waals surface area (Å²) in [6.07, 6.45) is 0. The molecule has 94 valence electrons. The fourth-order valence-electron chi connectivity index (χ4n) is 1.50. The van der Waals surface area contributed by atoms with E-state index in [1.54, 1.807) is 0 Å². The van der Waals surface area contributed by atoms with Crippen molar-refractivity contribution in [2.75, 3.05) is 0 Å². The zero-order valence-corrected chi connectivity index (χ0v) is 11.9. The first-order valence-electron chi connectivity index (χ1n) is 4.33. The summed E-state index contributed by atoms with van der Waals surface area (Å²) in [5.41, 5.74) is -0.492. The van der Waals surface area contributed by atoms with Crippen molar-refractivity contribution < 1.29 is 14.7 Å². The monoisotopic (exact) mass is 344 g/mol. The molecule has 0 aliphatic heterocycles. The Morgan fingerprint density at radius 3 is 1.61 bits per heavy atom. The van der Waals surface area contributed by atoms with E-state index < -0.39 is 22.4 Å². The third kappa shape index (κ3) is 1.74. The SMILES string of the molecule is O=C1C(=O)c2c(Cl)c(Cl)c(Cl)c(Cl)c2C(O)=C1Cl. The summed E-state index contributed by atoms with van der Waals surface area (Å²) in [5, 5.41) is 8.37. The van der Waals surface area contributed by atoms with Crippen LogP contribution in [-0.4, -0.2) is 16.7 Å². The summed E-state index contributed by atoms with van der Waals surface area (Å²) in [4.78, 5) is 23.3. The Bertz CT molecular complexity index is 648. The van der Waals surface area contributed by atoms with E-state index in [1.807, 2.05) is 0 Å². The highest BCUT2D eigenvalue weighted by Crippen LogP contribution is 2.46. The predicted octanol–water partition coefficient (Wildman–Crippen LogP) is 4.53. The van der Waals surface area contributed by atoms with E-state index in [2.05, 4.69) is 0 Å². The van der Waals surface area contributed by atoms with Crippen LogP contribution in [0.15, 0.2) is 5.03 Å². The Hall–Kier alpha value is -0.450. The van der Waals surface area contributed by atoms with Gasteiger partial charge in [0.2, 0.25) is 11.6 Å². The van der Waals surface area contributed by atoms with Gasteiger partial charge in [-0.05, 0) is 0 Å². The lowest BCUT2D eigenvalue weighted by molar-refractivity contribution is -0.111. The van der Waals surface area contributed by atoms with Gasteiger partial charge in [0.15, 0.2) is 0 Å². The molecule has 0 unspecified atom stereocenters. The minimum absolute atomic E-state index is 0.139. The highest BCUT2D eigenvalue weighted by molar-refractivity contribution is 6.66. The molecule has 0 amide bonds. The van der Waals surface area contributed by atoms with E-state index in [-0.39, 0.29) is 31.2 Å². The summed E-state index contributed by atoms with van der Waals surface area (Å²) in [7, 11) is 0. The Morgan fingerprint density at radius 1 is 0.667 bits per heavy atom. The van der Waals surface area contributed by atoms with Crippen molar-refractivity contribution in [3.8, 4) is 0 Å². The Labute approximate surface area is 126 Å². The minimum Gasteiger partial charge on any atom is -0.506 e. The predicted molar refractivity (Wildman–Crippen MR) is 71.2 cm³/mol. The number of aliphatic hydroxyl groups is 1. The summed E-state index contributed by atoms with van der Waals surface area (Å²) in [6, 6.07) is 0. The zero-order chi connectivity index (χ0) is 13.8. The molecular weight excluding hydrogens is 345 g/mol. The minimum atomic E-state index is -1.09. The molecule has 0 spiro atoms. The van der Waals surface area contributed by atoms with Crippen LogP contribution in [0.1, 0.15) is 15.9 Å². The molecule has 0 fully saturated rings. The number of ketones is 2. The molecule has 0 aromatic heterocycles. The summed E-state index contributed by atoms with van der Waals surface area (Å²) < 4.78 is 0. The third-order valence-electron chi connectivity index (χ3n) is 2.34. The maximum Gasteiger partial charge on any atom is 0.248 e. The van der Waals surface area contributed by atoms with Crippen LogP contribution >= 0.6 is 58.0 Å². The Kier molecular flexibility index (Phi) is 3.56. The van der Waals surface area contributed by atoms with Crippen LogP contribution in [0.5, 0.6) is 0 Å². The van der Waals surface area contributed by atoms with Crippen molar-refractivity contribution >= 4 is 75.3 Å². The van der Waals surface area contributed by atoms with E-state index in [0.717, 1.165) is 0 Å². The maximum absolute atomic E-state index is 11.8. The van der Waals surface area contributed by atoms with Gasteiger partial charge in [-0.25, -0.2) is 0 Å². The van der Waals surface area contributed by atoms with Crippen molar-refractivity contribution in [2.24, 2.45) is 0 Å². The molecule has 0 atom stereocenters. The molecule has 1 aromatic carbocycles. The first kappa shape index (κ1) is 14.0. The molecule has 0 radical (unpaired) electrons. The second-order valence-corrected chi connectivity index (χ2v) is 5.22. The Morgan fingerprint density at radius 2 is 1.11 bits per heavy atom. The van der Waals surface area contributed by atoms with Crippen LogP contribution in [-0.2, 0) is 4.79 Å². The van der Waals surface area contributed by atoms with Gasteiger partial charge in [-0.3, -0.25) is 9.59 Å². The normalized spacial score (nSPS) is 15.2. The highest BCUT2D eigenvalue weighted by atomic mass is 35.5. The van der Waals surface area contributed by atoms with Crippen molar-refractivity contribution in [1.29, 1.82) is 0 Å². The van der Waals surface area contributed by atoms with Gasteiger partial charge >= 0.3 is 0 Å². The van der Waals surface area contributed by atoms with E-state index in [0.29, 0.717) is 0 Å². The first-order chi connectivity index (χ1) is 8.29. The fraction of sp³-hybridized carbons (Fsp3) is 0. The van der Waals surface area contributed by atoms with Crippen LogP contribution in [0, 0.1) is 0 Å². The van der Waals surface area contributed by atoms with E-state index in [4.69, 9.17) is 58.0 Å². The molecule has 2 rings (SSSR count). The first-order valence-corrected chi connectivity index (χ1v) is 6.22. The smallest absolute Gasteiger partial charge is 0.248 e. The molecule has 18 heavy (non-hydrogen) atoms. The summed E-state index contributed by atoms with van der Waals surface area (Å²) >= 11 is 28.8. The second kappa shape index (κ2) is 4.58. The van der Waals surface area contributed by atoms with Gasteiger partial charge in [0, 0.05) is 0 Å². The van der Waals surface area contributed by atoms with Gasteiger partial charge in [-0.1, -0.05) is 58.0 Å². The number of rotatable bonds is 0. The average Bonchev–Trinajstić information content (AvgIpc) is 2.35. The van der Waals surface area contributed by atoms with Crippen LogP contribution in [0.2, 0.25) is 20.1 Å². The molecule has 0 bridgehead atoms. The molecule has 1 aliphatic carbocycles. The number of hydrogen-bond acceptors (Lipinski definition) is 3. The van der Waals surface area contributed by atoms with Gasteiger partial charge in [-0.15, -0.1) is 0 Å². The number of halogens is 5. The largest absolute Gasteiger partial charge is 0.506 e. The lowest BCUT2D eigenvalue weighted by Gasteiger charge is -2.18. The van der Waals surface area contributed by atoms with E-state index >= 15 is 0 Å². The van der Waals surface area contributed by atoms with Gasteiger partial charge < -0.3 is 5.11 Å². The zero-order valence-electron chi connectivity index (χ0n) is 8.15. The fourth-order valence-corrected chi connectivity index (χ4v) is 2.71. The molecule has 0 heterocycles. The number of benzene rings is 1. The van der Waals surface area contributed by atoms with Crippen molar-refractivity contribution in [3.05, 3.63) is 36.2 Å². The lowest BCUT2D eigenvalue weighted by atomic mass is 9.93. The topological polar surface area (TPSA) is 54.4 Å². The summed E-state index contributed by atoms with van der Waals surface area (Å²) in [5.74, 6) is -2.74. The molecule has 1 aliphatic rings.